The first-order chi connectivity index (χ1) is 8.64. The van der Waals surface area contributed by atoms with Crippen LogP contribution in [-0.2, 0) is 4.74 Å². The summed E-state index contributed by atoms with van der Waals surface area (Å²) in [5.41, 5.74) is 0.343. The van der Waals surface area contributed by atoms with Crippen LogP contribution in [0.1, 0.15) is 20.3 Å². The fraction of sp³-hybridized carbons (Fsp3) is 0.600. The Morgan fingerprint density at radius 2 is 1.94 bits per heavy atom. The molecular weight excluding hydrogens is 242 g/mol. The van der Waals surface area contributed by atoms with E-state index in [0.29, 0.717) is 5.41 Å². The van der Waals surface area contributed by atoms with Crippen molar-refractivity contribution >= 4 is 11.8 Å². The summed E-state index contributed by atoms with van der Waals surface area (Å²) >= 11 is 1.94. The summed E-state index contributed by atoms with van der Waals surface area (Å²) in [5.74, 6) is 1.17. The Balaban J connectivity index is 2.16. The molecule has 102 valence electrons. The van der Waals surface area contributed by atoms with Gasteiger partial charge in [-0.25, -0.2) is 0 Å². The molecular formula is C15H25NOS. The highest BCUT2D eigenvalue weighted by Gasteiger charge is 2.16. The Labute approximate surface area is 116 Å². The van der Waals surface area contributed by atoms with Crippen LogP contribution in [0.15, 0.2) is 35.2 Å². The third-order valence-electron chi connectivity index (χ3n) is 2.88. The fourth-order valence-electron chi connectivity index (χ4n) is 1.65. The molecule has 0 unspecified atom stereocenters. The molecule has 0 radical (unpaired) electrons. The summed E-state index contributed by atoms with van der Waals surface area (Å²) in [5, 5.41) is 3.44. The SMILES string of the molecule is COCCNCC(C)(C)CCSc1ccccc1. The molecule has 0 aromatic heterocycles. The quantitative estimate of drug-likeness (QED) is 0.547. The first kappa shape index (κ1) is 15.5. The Morgan fingerprint density at radius 3 is 2.61 bits per heavy atom. The molecule has 1 rings (SSSR count). The monoisotopic (exact) mass is 267 g/mol. The van der Waals surface area contributed by atoms with Crippen molar-refractivity contribution in [2.24, 2.45) is 5.41 Å². The molecule has 0 saturated heterocycles. The smallest absolute Gasteiger partial charge is 0.0587 e. The molecule has 1 aromatic rings. The number of hydrogen-bond donors (Lipinski definition) is 1. The highest BCUT2D eigenvalue weighted by molar-refractivity contribution is 7.99. The fourth-order valence-corrected chi connectivity index (χ4v) is 2.89. The van der Waals surface area contributed by atoms with Crippen LogP contribution in [0.2, 0.25) is 0 Å². The van der Waals surface area contributed by atoms with Crippen LogP contribution in [0.3, 0.4) is 0 Å². The first-order valence-electron chi connectivity index (χ1n) is 6.51. The van der Waals surface area contributed by atoms with Gasteiger partial charge in [-0.1, -0.05) is 32.0 Å². The molecule has 1 N–H and O–H groups in total. The number of hydrogen-bond acceptors (Lipinski definition) is 3. The van der Waals surface area contributed by atoms with Crippen molar-refractivity contribution in [3.05, 3.63) is 30.3 Å². The van der Waals surface area contributed by atoms with Crippen molar-refractivity contribution < 1.29 is 4.74 Å². The van der Waals surface area contributed by atoms with Crippen molar-refractivity contribution in [1.29, 1.82) is 0 Å². The number of methoxy groups -OCH3 is 1. The average molecular weight is 267 g/mol. The lowest BCUT2D eigenvalue weighted by atomic mass is 9.90. The lowest BCUT2D eigenvalue weighted by Gasteiger charge is -2.24. The second-order valence-electron chi connectivity index (χ2n) is 5.25. The highest BCUT2D eigenvalue weighted by atomic mass is 32.2. The summed E-state index contributed by atoms with van der Waals surface area (Å²) in [4.78, 5) is 1.36. The lowest BCUT2D eigenvalue weighted by Crippen LogP contribution is -2.32. The van der Waals surface area contributed by atoms with Gasteiger partial charge in [0.15, 0.2) is 0 Å². The minimum atomic E-state index is 0.343. The predicted octanol–water partition coefficient (Wildman–Crippen LogP) is 3.43. The van der Waals surface area contributed by atoms with Crippen molar-refractivity contribution in [3.63, 3.8) is 0 Å². The van der Waals surface area contributed by atoms with Crippen LogP contribution in [0.5, 0.6) is 0 Å². The standard InChI is InChI=1S/C15H25NOS/c1-15(2,13-16-10-11-17-3)9-12-18-14-7-5-4-6-8-14/h4-8,16H,9-13H2,1-3H3. The van der Waals surface area contributed by atoms with Crippen molar-refractivity contribution in [2.75, 3.05) is 32.6 Å². The molecule has 0 bridgehead atoms. The summed E-state index contributed by atoms with van der Waals surface area (Å²) in [6.45, 7) is 7.41. The highest BCUT2D eigenvalue weighted by Crippen LogP contribution is 2.25. The number of benzene rings is 1. The van der Waals surface area contributed by atoms with Gasteiger partial charge in [0.1, 0.15) is 0 Å². The van der Waals surface area contributed by atoms with E-state index in [2.05, 4.69) is 49.5 Å². The second kappa shape index (κ2) is 8.57. The zero-order chi connectivity index (χ0) is 13.3. The minimum Gasteiger partial charge on any atom is -0.383 e. The maximum absolute atomic E-state index is 5.03. The summed E-state index contributed by atoms with van der Waals surface area (Å²) < 4.78 is 5.03. The van der Waals surface area contributed by atoms with Crippen molar-refractivity contribution in [2.45, 2.75) is 25.2 Å². The van der Waals surface area contributed by atoms with Gasteiger partial charge in [-0.15, -0.1) is 11.8 Å². The van der Waals surface area contributed by atoms with Crippen LogP contribution < -0.4 is 5.32 Å². The molecule has 0 amide bonds. The predicted molar refractivity (Wildman–Crippen MR) is 80.3 cm³/mol. The molecule has 0 aliphatic rings. The topological polar surface area (TPSA) is 21.3 Å². The van der Waals surface area contributed by atoms with Gasteiger partial charge in [-0.2, -0.15) is 0 Å². The molecule has 0 aliphatic carbocycles. The van der Waals surface area contributed by atoms with E-state index in [4.69, 9.17) is 4.74 Å². The molecule has 18 heavy (non-hydrogen) atoms. The van der Waals surface area contributed by atoms with E-state index in [1.54, 1.807) is 7.11 Å². The Bertz CT molecular complexity index is 314. The Hall–Kier alpha value is -0.510. The number of nitrogens with one attached hydrogen (secondary N) is 1. The minimum absolute atomic E-state index is 0.343. The van der Waals surface area contributed by atoms with Crippen molar-refractivity contribution in [3.8, 4) is 0 Å². The average Bonchev–Trinajstić information content (AvgIpc) is 2.36. The molecule has 3 heteroatoms. The van der Waals surface area contributed by atoms with E-state index >= 15 is 0 Å². The molecule has 1 aromatic carbocycles. The molecule has 0 aliphatic heterocycles. The van der Waals surface area contributed by atoms with Crippen LogP contribution in [0, 0.1) is 5.41 Å². The largest absolute Gasteiger partial charge is 0.383 e. The lowest BCUT2D eigenvalue weighted by molar-refractivity contribution is 0.193. The van der Waals surface area contributed by atoms with Gasteiger partial charge >= 0.3 is 0 Å². The third kappa shape index (κ3) is 7.04. The Morgan fingerprint density at radius 1 is 1.22 bits per heavy atom. The van der Waals surface area contributed by atoms with Crippen molar-refractivity contribution in [1.82, 2.24) is 5.32 Å². The van der Waals surface area contributed by atoms with E-state index < -0.39 is 0 Å². The number of rotatable bonds is 9. The second-order valence-corrected chi connectivity index (χ2v) is 6.41. The van der Waals surface area contributed by atoms with Gasteiger partial charge < -0.3 is 10.1 Å². The van der Waals surface area contributed by atoms with Gasteiger partial charge in [0.05, 0.1) is 6.61 Å². The molecule has 0 saturated carbocycles. The maximum Gasteiger partial charge on any atom is 0.0587 e. The normalized spacial score (nSPS) is 11.7. The van der Waals surface area contributed by atoms with Gasteiger partial charge in [0, 0.05) is 25.1 Å². The molecule has 0 spiro atoms. The van der Waals surface area contributed by atoms with Crippen LogP contribution >= 0.6 is 11.8 Å². The van der Waals surface area contributed by atoms with E-state index in [-0.39, 0.29) is 0 Å². The third-order valence-corrected chi connectivity index (χ3v) is 3.89. The maximum atomic E-state index is 5.03. The summed E-state index contributed by atoms with van der Waals surface area (Å²) in [6, 6.07) is 10.6. The van der Waals surface area contributed by atoms with E-state index in [0.717, 1.165) is 19.7 Å². The molecule has 0 atom stereocenters. The molecule has 2 nitrogen and oxygen atoms in total. The van der Waals surface area contributed by atoms with Gasteiger partial charge in [-0.05, 0) is 29.7 Å². The number of ether oxygens (including phenoxy) is 1. The number of thioether (sulfide) groups is 1. The van der Waals surface area contributed by atoms with Crippen LogP contribution in [0.25, 0.3) is 0 Å². The van der Waals surface area contributed by atoms with Gasteiger partial charge in [0.2, 0.25) is 0 Å². The van der Waals surface area contributed by atoms with Crippen LogP contribution in [0.4, 0.5) is 0 Å². The molecule has 0 fully saturated rings. The van der Waals surface area contributed by atoms with E-state index in [1.165, 1.54) is 17.1 Å². The summed E-state index contributed by atoms with van der Waals surface area (Å²) in [7, 11) is 1.74. The molecule has 0 heterocycles. The van der Waals surface area contributed by atoms with Crippen LogP contribution in [-0.4, -0.2) is 32.6 Å². The first-order valence-corrected chi connectivity index (χ1v) is 7.50. The van der Waals surface area contributed by atoms with E-state index in [9.17, 15) is 0 Å². The Kier molecular flexibility index (Phi) is 7.40. The zero-order valence-corrected chi connectivity index (χ0v) is 12.6. The van der Waals surface area contributed by atoms with Gasteiger partial charge in [-0.3, -0.25) is 0 Å². The van der Waals surface area contributed by atoms with E-state index in [1.807, 2.05) is 11.8 Å². The summed E-state index contributed by atoms with van der Waals surface area (Å²) in [6.07, 6.45) is 1.21. The van der Waals surface area contributed by atoms with Gasteiger partial charge in [0.25, 0.3) is 0 Å². The zero-order valence-electron chi connectivity index (χ0n) is 11.7.